The maximum absolute atomic E-state index is 12.8. The van der Waals surface area contributed by atoms with E-state index in [-0.39, 0.29) is 11.8 Å². The SMILES string of the molecule is CCc1cc(C(=O)NCC2CN(C(C)=O)C2)c2nccc(C(C)C)c2c1. The number of nitrogens with zero attached hydrogens (tertiary/aromatic N) is 2. The number of likely N-dealkylation sites (tertiary alicyclic amines) is 1. The van der Waals surface area contributed by atoms with Crippen LogP contribution in [0.2, 0.25) is 0 Å². The first-order valence-electron chi connectivity index (χ1n) is 9.36. The van der Waals surface area contributed by atoms with Gasteiger partial charge in [-0.2, -0.15) is 0 Å². The van der Waals surface area contributed by atoms with Crippen molar-refractivity contribution in [2.75, 3.05) is 19.6 Å². The number of nitrogens with one attached hydrogen (secondary N) is 1. The minimum atomic E-state index is -0.0834. The van der Waals surface area contributed by atoms with Crippen LogP contribution in [-0.4, -0.2) is 41.3 Å². The Hall–Kier alpha value is -2.43. The summed E-state index contributed by atoms with van der Waals surface area (Å²) < 4.78 is 0. The zero-order valence-corrected chi connectivity index (χ0v) is 16.0. The molecule has 0 atom stereocenters. The van der Waals surface area contributed by atoms with E-state index in [4.69, 9.17) is 0 Å². The average Bonchev–Trinajstić information content (AvgIpc) is 2.58. The van der Waals surface area contributed by atoms with Gasteiger partial charge in [0.1, 0.15) is 0 Å². The molecule has 1 aromatic carbocycles. The fourth-order valence-electron chi connectivity index (χ4n) is 3.50. The Morgan fingerprint density at radius 2 is 2.04 bits per heavy atom. The highest BCUT2D eigenvalue weighted by atomic mass is 16.2. The second-order valence-corrected chi connectivity index (χ2v) is 7.45. The van der Waals surface area contributed by atoms with Crippen molar-refractivity contribution in [3.05, 3.63) is 41.1 Å². The topological polar surface area (TPSA) is 62.3 Å². The van der Waals surface area contributed by atoms with Gasteiger partial charge < -0.3 is 10.2 Å². The highest BCUT2D eigenvalue weighted by Gasteiger charge is 2.28. The number of pyridine rings is 1. The summed E-state index contributed by atoms with van der Waals surface area (Å²) in [5.41, 5.74) is 3.77. The third-order valence-corrected chi connectivity index (χ3v) is 5.17. The van der Waals surface area contributed by atoms with Gasteiger partial charge in [0.05, 0.1) is 11.1 Å². The largest absolute Gasteiger partial charge is 0.352 e. The molecular formula is C21H27N3O2. The van der Waals surface area contributed by atoms with Crippen LogP contribution in [0.5, 0.6) is 0 Å². The van der Waals surface area contributed by atoms with E-state index >= 15 is 0 Å². The Morgan fingerprint density at radius 3 is 2.65 bits per heavy atom. The van der Waals surface area contributed by atoms with Crippen LogP contribution in [0, 0.1) is 5.92 Å². The zero-order valence-electron chi connectivity index (χ0n) is 16.0. The number of amides is 2. The number of hydrogen-bond donors (Lipinski definition) is 1. The van der Waals surface area contributed by atoms with E-state index < -0.39 is 0 Å². The number of benzene rings is 1. The lowest BCUT2D eigenvalue weighted by Crippen LogP contribution is -2.53. The Balaban J connectivity index is 1.83. The van der Waals surface area contributed by atoms with Crippen LogP contribution < -0.4 is 5.32 Å². The molecule has 2 heterocycles. The molecule has 2 amide bonds. The molecule has 26 heavy (non-hydrogen) atoms. The summed E-state index contributed by atoms with van der Waals surface area (Å²) in [7, 11) is 0. The molecule has 3 rings (SSSR count). The number of rotatable bonds is 5. The molecule has 1 aliphatic rings. The standard InChI is InChI=1S/C21H27N3O2/c1-5-15-8-18-17(13(2)3)6-7-22-20(18)19(9-15)21(26)23-10-16-11-24(12-16)14(4)25/h6-9,13,16H,5,10-12H2,1-4H3,(H,23,26). The molecule has 0 aliphatic carbocycles. The summed E-state index contributed by atoms with van der Waals surface area (Å²) in [6.45, 7) is 10.0. The highest BCUT2D eigenvalue weighted by molar-refractivity contribution is 6.06. The molecule has 5 heteroatoms. The minimum Gasteiger partial charge on any atom is -0.352 e. The third-order valence-electron chi connectivity index (χ3n) is 5.17. The summed E-state index contributed by atoms with van der Waals surface area (Å²) in [5, 5.41) is 4.10. The molecular weight excluding hydrogens is 326 g/mol. The highest BCUT2D eigenvalue weighted by Crippen LogP contribution is 2.28. The molecule has 2 aromatic rings. The maximum Gasteiger partial charge on any atom is 0.253 e. The Kier molecular flexibility index (Phi) is 5.25. The predicted octanol–water partition coefficient (Wildman–Crippen LogP) is 3.13. The maximum atomic E-state index is 12.8. The molecule has 1 N–H and O–H groups in total. The molecule has 0 bridgehead atoms. The van der Waals surface area contributed by atoms with Crippen molar-refractivity contribution in [3.8, 4) is 0 Å². The van der Waals surface area contributed by atoms with Gasteiger partial charge in [0.25, 0.3) is 5.91 Å². The fraction of sp³-hybridized carbons (Fsp3) is 0.476. The Morgan fingerprint density at radius 1 is 1.31 bits per heavy atom. The number of carbonyl (C=O) groups is 2. The van der Waals surface area contributed by atoms with Crippen molar-refractivity contribution >= 4 is 22.7 Å². The van der Waals surface area contributed by atoms with E-state index in [1.165, 1.54) is 5.56 Å². The molecule has 0 unspecified atom stereocenters. The van der Waals surface area contributed by atoms with Crippen molar-refractivity contribution in [3.63, 3.8) is 0 Å². The van der Waals surface area contributed by atoms with Crippen LogP contribution in [0.4, 0.5) is 0 Å². The van der Waals surface area contributed by atoms with Gasteiger partial charge in [-0.25, -0.2) is 0 Å². The van der Waals surface area contributed by atoms with Crippen LogP contribution in [0.1, 0.15) is 55.1 Å². The summed E-state index contributed by atoms with van der Waals surface area (Å²) in [4.78, 5) is 30.4. The molecule has 1 fully saturated rings. The van der Waals surface area contributed by atoms with Crippen molar-refractivity contribution < 1.29 is 9.59 Å². The lowest BCUT2D eigenvalue weighted by atomic mass is 9.94. The van der Waals surface area contributed by atoms with E-state index in [0.717, 1.165) is 36.0 Å². The molecule has 1 saturated heterocycles. The first kappa shape index (κ1) is 18.4. The predicted molar refractivity (Wildman–Crippen MR) is 103 cm³/mol. The van der Waals surface area contributed by atoms with Crippen molar-refractivity contribution in [1.29, 1.82) is 0 Å². The first-order valence-corrected chi connectivity index (χ1v) is 9.36. The van der Waals surface area contributed by atoms with Gasteiger partial charge >= 0.3 is 0 Å². The van der Waals surface area contributed by atoms with Gasteiger partial charge in [-0.15, -0.1) is 0 Å². The number of fused-ring (bicyclic) bond motifs is 1. The van der Waals surface area contributed by atoms with Gasteiger partial charge in [0.2, 0.25) is 5.91 Å². The quantitative estimate of drug-likeness (QED) is 0.898. The van der Waals surface area contributed by atoms with E-state index in [1.54, 1.807) is 18.0 Å². The Bertz CT molecular complexity index is 839. The van der Waals surface area contributed by atoms with Crippen LogP contribution >= 0.6 is 0 Å². The van der Waals surface area contributed by atoms with Crippen LogP contribution in [-0.2, 0) is 11.2 Å². The van der Waals surface area contributed by atoms with Crippen molar-refractivity contribution in [1.82, 2.24) is 15.2 Å². The van der Waals surface area contributed by atoms with Crippen LogP contribution in [0.25, 0.3) is 10.9 Å². The molecule has 5 nitrogen and oxygen atoms in total. The number of hydrogen-bond acceptors (Lipinski definition) is 3. The van der Waals surface area contributed by atoms with Crippen molar-refractivity contribution in [2.24, 2.45) is 5.92 Å². The molecule has 0 spiro atoms. The number of carbonyl (C=O) groups excluding carboxylic acids is 2. The third kappa shape index (κ3) is 3.57. The second-order valence-electron chi connectivity index (χ2n) is 7.45. The molecule has 1 aliphatic heterocycles. The fourth-order valence-corrected chi connectivity index (χ4v) is 3.50. The molecule has 0 saturated carbocycles. The number of aryl methyl sites for hydroxylation is 1. The van der Waals surface area contributed by atoms with Crippen molar-refractivity contribution in [2.45, 2.75) is 40.0 Å². The van der Waals surface area contributed by atoms with Gasteiger partial charge in [0.15, 0.2) is 0 Å². The van der Waals surface area contributed by atoms with Gasteiger partial charge in [-0.1, -0.05) is 20.8 Å². The lowest BCUT2D eigenvalue weighted by molar-refractivity contribution is -0.134. The van der Waals surface area contributed by atoms with Crippen LogP contribution in [0.3, 0.4) is 0 Å². The van der Waals surface area contributed by atoms with E-state index in [2.05, 4.69) is 37.1 Å². The zero-order chi connectivity index (χ0) is 18.8. The average molecular weight is 353 g/mol. The molecule has 138 valence electrons. The van der Waals surface area contributed by atoms with Gasteiger partial charge in [-0.3, -0.25) is 14.6 Å². The summed E-state index contributed by atoms with van der Waals surface area (Å²) >= 11 is 0. The minimum absolute atomic E-state index is 0.0834. The van der Waals surface area contributed by atoms with E-state index in [9.17, 15) is 9.59 Å². The van der Waals surface area contributed by atoms with E-state index in [0.29, 0.717) is 23.9 Å². The number of aromatic nitrogens is 1. The summed E-state index contributed by atoms with van der Waals surface area (Å²) in [5.74, 6) is 0.721. The van der Waals surface area contributed by atoms with Crippen LogP contribution in [0.15, 0.2) is 24.4 Å². The lowest BCUT2D eigenvalue weighted by Gasteiger charge is -2.38. The monoisotopic (exact) mass is 353 g/mol. The van der Waals surface area contributed by atoms with E-state index in [1.807, 2.05) is 12.1 Å². The summed E-state index contributed by atoms with van der Waals surface area (Å²) in [6, 6.07) is 6.15. The second kappa shape index (κ2) is 7.44. The Labute approximate surface area is 154 Å². The molecule has 0 radical (unpaired) electrons. The molecule has 1 aromatic heterocycles. The van der Waals surface area contributed by atoms with Gasteiger partial charge in [-0.05, 0) is 41.7 Å². The first-order chi connectivity index (χ1) is 12.4. The smallest absolute Gasteiger partial charge is 0.253 e. The van der Waals surface area contributed by atoms with Gasteiger partial charge in [0, 0.05) is 44.1 Å². The summed E-state index contributed by atoms with van der Waals surface area (Å²) in [6.07, 6.45) is 2.66. The normalized spacial score (nSPS) is 14.6.